The Morgan fingerprint density at radius 3 is 2.41 bits per heavy atom. The Kier molecular flexibility index (Phi) is 8.70. The van der Waals surface area contributed by atoms with Gasteiger partial charge in [-0.25, -0.2) is 22.9 Å². The molecule has 5 saturated carbocycles. The van der Waals surface area contributed by atoms with Crippen LogP contribution in [0.4, 0.5) is 29.3 Å². The van der Waals surface area contributed by atoms with Gasteiger partial charge in [0.25, 0.3) is 0 Å². The van der Waals surface area contributed by atoms with Gasteiger partial charge in [0.15, 0.2) is 11.6 Å². The molecule has 4 bridgehead atoms. The highest BCUT2D eigenvalue weighted by Gasteiger charge is 2.55. The lowest BCUT2D eigenvalue weighted by Crippen LogP contribution is -2.60. The number of anilines is 2. The Morgan fingerprint density at radius 1 is 1.02 bits per heavy atom. The fraction of sp³-hybridized carbons (Fsp3) is 0.667. The first-order chi connectivity index (χ1) is 20.9. The van der Waals surface area contributed by atoms with Crippen LogP contribution < -0.4 is 25.8 Å². The number of benzene rings is 1. The van der Waals surface area contributed by atoms with E-state index >= 15 is 0 Å². The van der Waals surface area contributed by atoms with Gasteiger partial charge in [-0.1, -0.05) is 18.2 Å². The van der Waals surface area contributed by atoms with Crippen molar-refractivity contribution in [3.8, 4) is 5.75 Å². The number of ether oxygens (including phenoxy) is 1. The molecule has 44 heavy (non-hydrogen) atoms. The van der Waals surface area contributed by atoms with Crippen molar-refractivity contribution in [3.05, 3.63) is 41.8 Å². The zero-order chi connectivity index (χ0) is 31.1. The molecule has 0 radical (unpaired) electrons. The highest BCUT2D eigenvalue weighted by Crippen LogP contribution is 2.60. The summed E-state index contributed by atoms with van der Waals surface area (Å²) in [7, 11) is -3.46. The molecule has 9 nitrogen and oxygen atoms in total. The number of nitrogens with two attached hydrogens (primary N) is 1. The van der Waals surface area contributed by atoms with Crippen molar-refractivity contribution in [2.45, 2.75) is 82.0 Å². The summed E-state index contributed by atoms with van der Waals surface area (Å²) in [6.07, 6.45) is 4.87. The van der Waals surface area contributed by atoms with Crippen molar-refractivity contribution < 1.29 is 30.7 Å². The Bertz CT molecular complexity index is 1420. The third-order valence-electron chi connectivity index (χ3n) is 10.3. The van der Waals surface area contributed by atoms with Crippen molar-refractivity contribution in [3.63, 3.8) is 0 Å². The average molecular weight is 641 g/mol. The van der Waals surface area contributed by atoms with Gasteiger partial charge < -0.3 is 20.7 Å². The second-order valence-corrected chi connectivity index (χ2v) is 15.2. The molecule has 242 valence electrons. The predicted octanol–water partition coefficient (Wildman–Crippen LogP) is 5.17. The van der Waals surface area contributed by atoms with E-state index in [1.807, 2.05) is 0 Å². The van der Waals surface area contributed by atoms with E-state index in [1.54, 1.807) is 6.07 Å². The number of sulfonamides is 1. The second kappa shape index (κ2) is 12.2. The first-order valence-corrected chi connectivity index (χ1v) is 17.1. The van der Waals surface area contributed by atoms with Gasteiger partial charge in [0.05, 0.1) is 11.4 Å². The van der Waals surface area contributed by atoms with Gasteiger partial charge in [0.2, 0.25) is 16.0 Å². The van der Waals surface area contributed by atoms with Gasteiger partial charge in [-0.05, 0) is 99.5 Å². The molecule has 1 aromatic heterocycles. The van der Waals surface area contributed by atoms with Crippen LogP contribution in [-0.2, 0) is 16.6 Å². The number of hydrogen-bond acceptors (Lipinski definition) is 8. The molecule has 0 amide bonds. The van der Waals surface area contributed by atoms with E-state index in [9.17, 15) is 26.0 Å². The smallest absolute Gasteiger partial charge is 0.405 e. The lowest BCUT2D eigenvalue weighted by molar-refractivity contribution is -0.274. The van der Waals surface area contributed by atoms with Crippen molar-refractivity contribution in [1.82, 2.24) is 15.3 Å². The van der Waals surface area contributed by atoms with E-state index < -0.39 is 27.5 Å². The van der Waals surface area contributed by atoms with E-state index in [-0.39, 0.29) is 35.0 Å². The molecule has 5 atom stereocenters. The third-order valence-corrected chi connectivity index (χ3v) is 11.7. The summed E-state index contributed by atoms with van der Waals surface area (Å²) in [5.74, 6) is 1.49. The number of rotatable bonds is 11. The van der Waals surface area contributed by atoms with Crippen LogP contribution in [0.5, 0.6) is 5.75 Å². The van der Waals surface area contributed by atoms with E-state index in [0.29, 0.717) is 49.1 Å². The molecule has 5 fully saturated rings. The van der Waals surface area contributed by atoms with Crippen LogP contribution in [0, 0.1) is 34.9 Å². The lowest BCUT2D eigenvalue weighted by atomic mass is 9.48. The molecule has 14 heteroatoms. The molecule has 1 heterocycles. The van der Waals surface area contributed by atoms with Crippen molar-refractivity contribution in [1.29, 1.82) is 0 Å². The highest BCUT2D eigenvalue weighted by atomic mass is 32.2. The topological polar surface area (TPSA) is 131 Å². The number of aromatic nitrogens is 2. The van der Waals surface area contributed by atoms with E-state index in [0.717, 1.165) is 44.8 Å². The number of nitrogens with one attached hydrogen (secondary N) is 3. The number of para-hydroxylation sites is 1. The highest BCUT2D eigenvalue weighted by molar-refractivity contribution is 7.89. The van der Waals surface area contributed by atoms with Crippen LogP contribution in [0.2, 0.25) is 0 Å². The fourth-order valence-electron chi connectivity index (χ4n) is 8.61. The first kappa shape index (κ1) is 31.3. The standard InChI is InChI=1S/C30H40F4N6O3S/c31-24-16-38-28(37-15-20-3-1-2-4-25(20)43-30(32,33)34)40-27(24)39-17-29-11-19-9-21(12-29)26(22(10-19)13-29)36-14-18-5-7-23(8-6-18)44(35,41)42/h1-4,16,18-19,21-23,26,36H,5-15,17H2,(H2,35,41,42)(H2,37,38,39,40)/t18?,19?,21-,22+,23?,26?,29?. The van der Waals surface area contributed by atoms with Crippen LogP contribution in [0.25, 0.3) is 0 Å². The molecule has 3 unspecified atom stereocenters. The zero-order valence-corrected chi connectivity index (χ0v) is 25.3. The SMILES string of the molecule is NS(=O)(=O)C1CCC(CNC2[C@@H]3CC4C[C@H]2CC(CNc2nc(NCc5ccccc5OC(F)(F)F)ncc2F)(C4)C3)CC1. The van der Waals surface area contributed by atoms with E-state index in [2.05, 4.69) is 30.7 Å². The monoisotopic (exact) mass is 640 g/mol. The van der Waals surface area contributed by atoms with Gasteiger partial charge in [0, 0.05) is 24.7 Å². The van der Waals surface area contributed by atoms with Crippen LogP contribution in [-0.4, -0.2) is 49.1 Å². The minimum atomic E-state index is -4.82. The maximum absolute atomic E-state index is 14.8. The molecule has 0 saturated heterocycles. The molecule has 7 rings (SSSR count). The Morgan fingerprint density at radius 2 is 1.73 bits per heavy atom. The molecule has 0 spiro atoms. The molecule has 5 aliphatic rings. The summed E-state index contributed by atoms with van der Waals surface area (Å²) in [6, 6.07) is 6.24. The molecule has 1 aromatic carbocycles. The minimum Gasteiger partial charge on any atom is -0.405 e. The van der Waals surface area contributed by atoms with E-state index in [4.69, 9.17) is 5.14 Å². The molecular formula is C30H40F4N6O3S. The number of halogens is 4. The number of primary sulfonamides is 1. The van der Waals surface area contributed by atoms with Crippen molar-refractivity contribution >= 4 is 21.8 Å². The summed E-state index contributed by atoms with van der Waals surface area (Å²) >= 11 is 0. The average Bonchev–Trinajstić information content (AvgIpc) is 2.95. The summed E-state index contributed by atoms with van der Waals surface area (Å²) in [4.78, 5) is 8.27. The first-order valence-electron chi connectivity index (χ1n) is 15.4. The molecule has 2 aromatic rings. The number of nitrogens with zero attached hydrogens (tertiary/aromatic N) is 2. The quantitative estimate of drug-likeness (QED) is 0.248. The maximum atomic E-state index is 14.8. The molecular weight excluding hydrogens is 600 g/mol. The zero-order valence-electron chi connectivity index (χ0n) is 24.5. The third kappa shape index (κ3) is 7.23. The second-order valence-electron chi connectivity index (χ2n) is 13.4. The predicted molar refractivity (Wildman–Crippen MR) is 158 cm³/mol. The molecule has 5 N–H and O–H groups in total. The molecule has 5 aliphatic carbocycles. The van der Waals surface area contributed by atoms with Gasteiger partial charge >= 0.3 is 6.36 Å². The molecule has 0 aliphatic heterocycles. The Hall–Kier alpha value is -2.71. The van der Waals surface area contributed by atoms with Crippen LogP contribution >= 0.6 is 0 Å². The minimum absolute atomic E-state index is 0.0335. The van der Waals surface area contributed by atoms with Gasteiger partial charge in [-0.15, -0.1) is 13.2 Å². The van der Waals surface area contributed by atoms with Crippen LogP contribution in [0.3, 0.4) is 0 Å². The van der Waals surface area contributed by atoms with Crippen LogP contribution in [0.1, 0.15) is 63.4 Å². The normalized spacial score (nSPS) is 31.6. The van der Waals surface area contributed by atoms with E-state index in [1.165, 1.54) is 31.0 Å². The summed E-state index contributed by atoms with van der Waals surface area (Å²) in [5, 5.41) is 15.0. The summed E-state index contributed by atoms with van der Waals surface area (Å²) in [5.41, 5.74) is 0.321. The number of hydrogen-bond donors (Lipinski definition) is 4. The summed E-state index contributed by atoms with van der Waals surface area (Å²) in [6.45, 7) is 1.46. The van der Waals surface area contributed by atoms with Crippen molar-refractivity contribution in [2.75, 3.05) is 23.7 Å². The van der Waals surface area contributed by atoms with Crippen molar-refractivity contribution in [2.24, 2.45) is 34.2 Å². The van der Waals surface area contributed by atoms with Gasteiger partial charge in [-0.2, -0.15) is 4.98 Å². The van der Waals surface area contributed by atoms with Crippen LogP contribution in [0.15, 0.2) is 30.5 Å². The number of alkyl halides is 3. The maximum Gasteiger partial charge on any atom is 0.573 e. The summed E-state index contributed by atoms with van der Waals surface area (Å²) < 4.78 is 80.6. The lowest BCUT2D eigenvalue weighted by Gasteiger charge is -2.60. The largest absolute Gasteiger partial charge is 0.573 e. The van der Waals surface area contributed by atoms with Gasteiger partial charge in [0.1, 0.15) is 5.75 Å². The Balaban J connectivity index is 1.03. The fourth-order valence-corrected chi connectivity index (χ4v) is 9.53. The Labute approximate surface area is 255 Å². The van der Waals surface area contributed by atoms with Gasteiger partial charge in [-0.3, -0.25) is 0 Å².